The summed E-state index contributed by atoms with van der Waals surface area (Å²) in [6.45, 7) is 16.0. The lowest BCUT2D eigenvalue weighted by atomic mass is 9.63. The second kappa shape index (κ2) is 15.3. The predicted octanol–water partition coefficient (Wildman–Crippen LogP) is 3.88. The molecule has 2 N–H and O–H groups in total. The highest BCUT2D eigenvalue weighted by Gasteiger charge is 2.47. The van der Waals surface area contributed by atoms with Crippen LogP contribution in [0.15, 0.2) is 0 Å². The average molecular weight is 607 g/mol. The maximum absolute atomic E-state index is 16.1. The Kier molecular flexibility index (Phi) is 11.8. The van der Waals surface area contributed by atoms with Crippen molar-refractivity contribution in [1.82, 2.24) is 20.4 Å². The van der Waals surface area contributed by atoms with Gasteiger partial charge in [0.15, 0.2) is 0 Å². The van der Waals surface area contributed by atoms with E-state index in [-0.39, 0.29) is 59.4 Å². The molecule has 8 nitrogen and oxygen atoms in total. The molecule has 2 saturated carbocycles. The fraction of sp³-hybridized carbons (Fsp3) is 0.941. The van der Waals surface area contributed by atoms with Gasteiger partial charge in [-0.2, -0.15) is 0 Å². The van der Waals surface area contributed by atoms with Gasteiger partial charge in [-0.3, -0.25) is 19.4 Å². The quantitative estimate of drug-likeness (QED) is 0.415. The van der Waals surface area contributed by atoms with Crippen LogP contribution < -0.4 is 10.6 Å². The molecule has 0 aromatic heterocycles. The van der Waals surface area contributed by atoms with Crippen molar-refractivity contribution in [3.63, 3.8) is 0 Å². The SMILES string of the molecule is CCN(C1CCOCC1)C1CC(C2CCC(CN3CCOCC3)CC2F)CC(C(=O)NCC2C(=O)NC(C)CC2C)C1C. The van der Waals surface area contributed by atoms with Gasteiger partial charge >= 0.3 is 0 Å². The van der Waals surface area contributed by atoms with Crippen LogP contribution in [-0.4, -0.2) is 105 Å². The number of hydrogen-bond donors (Lipinski definition) is 2. The zero-order valence-corrected chi connectivity index (χ0v) is 27.3. The standard InChI is InChI=1S/C34H59FN4O4/c1-5-39(27-8-12-42-13-9-27)32-19-26(28-7-6-25(17-31(28)35)21-38-10-14-43-15-11-38)18-29(24(32)4)33(40)36-20-30-22(2)16-23(3)37-34(30)41/h22-32H,5-21H2,1-4H3,(H,36,40)(H,37,41). The number of alkyl halides is 1. The first kappa shape index (κ1) is 33.1. The van der Waals surface area contributed by atoms with Gasteiger partial charge in [0.25, 0.3) is 0 Å². The molecule has 10 atom stereocenters. The Labute approximate surface area is 259 Å². The number of hydrogen-bond acceptors (Lipinski definition) is 6. The molecule has 0 radical (unpaired) electrons. The highest BCUT2D eigenvalue weighted by atomic mass is 19.1. The Balaban J connectivity index is 1.28. The molecule has 0 aromatic carbocycles. The molecule has 246 valence electrons. The molecule has 3 saturated heterocycles. The van der Waals surface area contributed by atoms with Gasteiger partial charge in [0.05, 0.1) is 19.1 Å². The minimum Gasteiger partial charge on any atom is -0.381 e. The van der Waals surface area contributed by atoms with Crippen LogP contribution in [0, 0.1) is 41.4 Å². The maximum Gasteiger partial charge on any atom is 0.225 e. The molecule has 5 rings (SSSR count). The Hall–Kier alpha value is -1.29. The van der Waals surface area contributed by atoms with E-state index < -0.39 is 6.17 Å². The Morgan fingerprint density at radius 2 is 1.72 bits per heavy atom. The summed E-state index contributed by atoms with van der Waals surface area (Å²) < 4.78 is 27.3. The minimum absolute atomic E-state index is 0.0188. The lowest BCUT2D eigenvalue weighted by molar-refractivity contribution is -0.134. The Bertz CT molecular complexity index is 913. The lowest BCUT2D eigenvalue weighted by Crippen LogP contribution is -2.56. The summed E-state index contributed by atoms with van der Waals surface area (Å²) in [5.74, 6) is 0.763. The fourth-order valence-corrected chi connectivity index (χ4v) is 9.43. The van der Waals surface area contributed by atoms with E-state index in [9.17, 15) is 9.59 Å². The molecule has 5 fully saturated rings. The number of carbonyl (C=O) groups excluding carboxylic acids is 2. The fourth-order valence-electron chi connectivity index (χ4n) is 9.43. The number of rotatable bonds is 9. The van der Waals surface area contributed by atoms with Gasteiger partial charge in [-0.25, -0.2) is 4.39 Å². The number of halogens is 1. The Morgan fingerprint density at radius 3 is 2.40 bits per heavy atom. The van der Waals surface area contributed by atoms with Crippen molar-refractivity contribution >= 4 is 11.8 Å². The zero-order valence-electron chi connectivity index (χ0n) is 27.3. The van der Waals surface area contributed by atoms with Gasteiger partial charge in [-0.1, -0.05) is 20.8 Å². The molecule has 9 heteroatoms. The first-order chi connectivity index (χ1) is 20.7. The van der Waals surface area contributed by atoms with Crippen molar-refractivity contribution in [2.75, 3.05) is 59.2 Å². The third-order valence-corrected chi connectivity index (χ3v) is 11.9. The number of nitrogens with one attached hydrogen (secondary N) is 2. The van der Waals surface area contributed by atoms with Gasteiger partial charge in [0.1, 0.15) is 6.17 Å². The molecule has 5 aliphatic rings. The molecule has 43 heavy (non-hydrogen) atoms. The number of nitrogens with zero attached hydrogens (tertiary/aromatic N) is 2. The van der Waals surface area contributed by atoms with Crippen LogP contribution in [0.25, 0.3) is 0 Å². The van der Waals surface area contributed by atoms with E-state index in [4.69, 9.17) is 9.47 Å². The molecule has 0 aromatic rings. The van der Waals surface area contributed by atoms with Gasteiger partial charge in [-0.05, 0) is 94.4 Å². The first-order valence-corrected chi connectivity index (χ1v) is 17.6. The third-order valence-electron chi connectivity index (χ3n) is 11.9. The van der Waals surface area contributed by atoms with E-state index in [0.29, 0.717) is 24.9 Å². The van der Waals surface area contributed by atoms with Crippen molar-refractivity contribution < 1.29 is 23.5 Å². The summed E-state index contributed by atoms with van der Waals surface area (Å²) in [5, 5.41) is 6.29. The van der Waals surface area contributed by atoms with Crippen LogP contribution in [0.1, 0.15) is 79.1 Å². The number of morpholine rings is 1. The molecule has 3 heterocycles. The van der Waals surface area contributed by atoms with E-state index in [1.165, 1.54) is 0 Å². The summed E-state index contributed by atoms with van der Waals surface area (Å²) in [5.41, 5.74) is 0. The van der Waals surface area contributed by atoms with Gasteiger partial charge < -0.3 is 20.1 Å². The second-order valence-electron chi connectivity index (χ2n) is 14.7. The molecule has 2 amide bonds. The molecule has 0 spiro atoms. The van der Waals surface area contributed by atoms with Crippen LogP contribution in [0.2, 0.25) is 0 Å². The van der Waals surface area contributed by atoms with Crippen molar-refractivity contribution in [2.24, 2.45) is 41.4 Å². The van der Waals surface area contributed by atoms with Crippen molar-refractivity contribution in [3.8, 4) is 0 Å². The van der Waals surface area contributed by atoms with E-state index in [1.807, 2.05) is 6.92 Å². The number of carbonyl (C=O) groups is 2. The summed E-state index contributed by atoms with van der Waals surface area (Å²) in [7, 11) is 0. The van der Waals surface area contributed by atoms with Gasteiger partial charge in [0.2, 0.25) is 11.8 Å². The van der Waals surface area contributed by atoms with E-state index >= 15 is 4.39 Å². The zero-order chi connectivity index (χ0) is 30.5. The van der Waals surface area contributed by atoms with Crippen LogP contribution in [0.4, 0.5) is 4.39 Å². The van der Waals surface area contributed by atoms with Gasteiger partial charge in [0, 0.05) is 63.4 Å². The molecule has 2 aliphatic carbocycles. The topological polar surface area (TPSA) is 83.1 Å². The summed E-state index contributed by atoms with van der Waals surface area (Å²) >= 11 is 0. The normalized spacial score (nSPS) is 40.3. The monoisotopic (exact) mass is 606 g/mol. The molecule has 3 aliphatic heterocycles. The van der Waals surface area contributed by atoms with Gasteiger partial charge in [-0.15, -0.1) is 0 Å². The maximum atomic E-state index is 16.1. The summed E-state index contributed by atoms with van der Waals surface area (Å²) in [6, 6.07) is 0.878. The third kappa shape index (κ3) is 8.11. The molecule has 10 unspecified atom stereocenters. The predicted molar refractivity (Wildman–Crippen MR) is 166 cm³/mol. The smallest absolute Gasteiger partial charge is 0.225 e. The van der Waals surface area contributed by atoms with E-state index in [2.05, 4.69) is 41.2 Å². The number of amides is 2. The van der Waals surface area contributed by atoms with E-state index in [1.54, 1.807) is 0 Å². The van der Waals surface area contributed by atoms with Crippen LogP contribution >= 0.6 is 0 Å². The summed E-state index contributed by atoms with van der Waals surface area (Å²) in [4.78, 5) is 31.8. The number of ether oxygens (including phenoxy) is 2. The first-order valence-electron chi connectivity index (χ1n) is 17.6. The van der Waals surface area contributed by atoms with Crippen LogP contribution in [0.5, 0.6) is 0 Å². The largest absolute Gasteiger partial charge is 0.381 e. The number of piperidine rings is 1. The van der Waals surface area contributed by atoms with Crippen molar-refractivity contribution in [2.45, 2.75) is 103 Å². The van der Waals surface area contributed by atoms with Crippen LogP contribution in [0.3, 0.4) is 0 Å². The highest BCUT2D eigenvalue weighted by molar-refractivity contribution is 5.83. The molecule has 0 bridgehead atoms. The highest BCUT2D eigenvalue weighted by Crippen LogP contribution is 2.47. The second-order valence-corrected chi connectivity index (χ2v) is 14.7. The minimum atomic E-state index is -0.811. The van der Waals surface area contributed by atoms with Crippen LogP contribution in [-0.2, 0) is 19.1 Å². The van der Waals surface area contributed by atoms with Crippen molar-refractivity contribution in [3.05, 3.63) is 0 Å². The Morgan fingerprint density at radius 1 is 1.00 bits per heavy atom. The van der Waals surface area contributed by atoms with E-state index in [0.717, 1.165) is 97.6 Å². The summed E-state index contributed by atoms with van der Waals surface area (Å²) in [6.07, 6.45) is 6.49. The lowest BCUT2D eigenvalue weighted by Gasteiger charge is -2.50. The average Bonchev–Trinajstić information content (AvgIpc) is 2.99. The molecular formula is C34H59FN4O4. The molecular weight excluding hydrogens is 547 g/mol. The van der Waals surface area contributed by atoms with Crippen molar-refractivity contribution in [1.29, 1.82) is 0 Å².